The Morgan fingerprint density at radius 2 is 2.20 bits per heavy atom. The average molecular weight is 170 g/mol. The summed E-state index contributed by atoms with van der Waals surface area (Å²) in [5.74, 6) is 0. The molecule has 0 saturated carbocycles. The fraction of sp³-hybridized carbons (Fsp3) is 0.250. The molecule has 0 unspecified atom stereocenters. The van der Waals surface area contributed by atoms with Crippen LogP contribution in [-0.2, 0) is 0 Å². The van der Waals surface area contributed by atoms with Gasteiger partial charge in [0.2, 0.25) is 0 Å². The van der Waals surface area contributed by atoms with Gasteiger partial charge in [-0.15, -0.1) is 12.4 Å². The largest absolute Gasteiger partial charge is 0.396 e. The fourth-order valence-electron chi connectivity index (χ4n) is 0.480. The van der Waals surface area contributed by atoms with Crippen LogP contribution in [0.25, 0.3) is 0 Å². The van der Waals surface area contributed by atoms with Crippen molar-refractivity contribution < 1.29 is 8.78 Å². The minimum absolute atomic E-state index is 0. The number of nitrogen functional groups attached to an aromatic ring is 1. The maximum atomic E-state index is 11.7. The first kappa shape index (κ1) is 9.16. The molecule has 0 bridgehead atoms. The lowest BCUT2D eigenvalue weighted by Crippen LogP contribution is -1.90. The molecule has 3 N–H and O–H groups in total. The van der Waals surface area contributed by atoms with Gasteiger partial charge in [0.15, 0.2) is 0 Å². The smallest absolute Gasteiger partial charge is 0.281 e. The van der Waals surface area contributed by atoms with E-state index in [4.69, 9.17) is 5.73 Å². The molecule has 0 aliphatic heterocycles. The van der Waals surface area contributed by atoms with E-state index in [1.54, 1.807) is 0 Å². The summed E-state index contributed by atoms with van der Waals surface area (Å²) in [5, 5.41) is 5.39. The second kappa shape index (κ2) is 3.36. The Balaban J connectivity index is 0.000000810. The van der Waals surface area contributed by atoms with Crippen molar-refractivity contribution >= 4 is 18.1 Å². The summed E-state index contributed by atoms with van der Waals surface area (Å²) in [6.07, 6.45) is -1.41. The highest BCUT2D eigenvalue weighted by atomic mass is 35.5. The Labute approximate surface area is 62.0 Å². The number of aromatic nitrogens is 2. The zero-order chi connectivity index (χ0) is 6.85. The predicted molar refractivity (Wildman–Crippen MR) is 35.2 cm³/mol. The molecule has 58 valence electrons. The first-order valence-electron chi connectivity index (χ1n) is 2.28. The van der Waals surface area contributed by atoms with Gasteiger partial charge < -0.3 is 5.73 Å². The highest BCUT2D eigenvalue weighted by molar-refractivity contribution is 5.85. The fourth-order valence-corrected chi connectivity index (χ4v) is 0.480. The number of aromatic amines is 1. The standard InChI is InChI=1S/C4H5F2N3.ClH/c5-4(6)3-2(7)1-8-9-3;/h1,4H,7H2,(H,8,9);1H. The molecule has 0 spiro atoms. The molecule has 1 heterocycles. The molecule has 0 aliphatic rings. The molecule has 3 nitrogen and oxygen atoms in total. The third-order valence-electron chi connectivity index (χ3n) is 0.918. The van der Waals surface area contributed by atoms with E-state index < -0.39 is 6.43 Å². The second-order valence-corrected chi connectivity index (χ2v) is 1.54. The lowest BCUT2D eigenvalue weighted by atomic mass is 10.4. The van der Waals surface area contributed by atoms with E-state index >= 15 is 0 Å². The number of halogens is 3. The van der Waals surface area contributed by atoms with Crippen molar-refractivity contribution in [1.82, 2.24) is 10.2 Å². The minimum atomic E-state index is -2.56. The van der Waals surface area contributed by atoms with Gasteiger partial charge in [-0.2, -0.15) is 5.10 Å². The number of nitrogens with two attached hydrogens (primary N) is 1. The molecule has 0 fully saturated rings. The molecule has 10 heavy (non-hydrogen) atoms. The molecule has 0 aromatic carbocycles. The van der Waals surface area contributed by atoms with Gasteiger partial charge in [0.1, 0.15) is 5.69 Å². The number of anilines is 1. The van der Waals surface area contributed by atoms with Gasteiger partial charge in [0, 0.05) is 0 Å². The van der Waals surface area contributed by atoms with Gasteiger partial charge in [0.05, 0.1) is 11.9 Å². The van der Waals surface area contributed by atoms with Gasteiger partial charge in [-0.3, -0.25) is 5.10 Å². The van der Waals surface area contributed by atoms with E-state index in [-0.39, 0.29) is 23.8 Å². The summed E-state index contributed by atoms with van der Waals surface area (Å²) >= 11 is 0. The van der Waals surface area contributed by atoms with Gasteiger partial charge in [-0.1, -0.05) is 0 Å². The highest BCUT2D eigenvalue weighted by Gasteiger charge is 2.11. The summed E-state index contributed by atoms with van der Waals surface area (Å²) in [6, 6.07) is 0. The van der Waals surface area contributed by atoms with Crippen LogP contribution in [0.5, 0.6) is 0 Å². The van der Waals surface area contributed by atoms with Crippen LogP contribution in [0.15, 0.2) is 6.20 Å². The van der Waals surface area contributed by atoms with Gasteiger partial charge in [-0.05, 0) is 0 Å². The molecule has 1 aromatic heterocycles. The SMILES string of the molecule is Cl.Nc1cn[nH]c1C(F)F. The molecule has 0 aliphatic carbocycles. The molecule has 0 radical (unpaired) electrons. The zero-order valence-electron chi connectivity index (χ0n) is 4.84. The first-order valence-corrected chi connectivity index (χ1v) is 2.28. The van der Waals surface area contributed by atoms with E-state index in [0.29, 0.717) is 0 Å². The Kier molecular flexibility index (Phi) is 3.08. The number of hydrogen-bond acceptors (Lipinski definition) is 2. The molecule has 6 heteroatoms. The summed E-state index contributed by atoms with van der Waals surface area (Å²) in [7, 11) is 0. The molecule has 0 saturated heterocycles. The van der Waals surface area contributed by atoms with Crippen molar-refractivity contribution in [2.45, 2.75) is 6.43 Å². The maximum Gasteiger partial charge on any atom is 0.281 e. The number of nitrogens with one attached hydrogen (secondary N) is 1. The minimum Gasteiger partial charge on any atom is -0.396 e. The second-order valence-electron chi connectivity index (χ2n) is 1.54. The maximum absolute atomic E-state index is 11.7. The van der Waals surface area contributed by atoms with Crippen molar-refractivity contribution in [2.75, 3.05) is 5.73 Å². The lowest BCUT2D eigenvalue weighted by molar-refractivity contribution is 0.147. The topological polar surface area (TPSA) is 54.7 Å². The third kappa shape index (κ3) is 1.57. The summed E-state index contributed by atoms with van der Waals surface area (Å²) < 4.78 is 23.4. The summed E-state index contributed by atoms with van der Waals surface area (Å²) in [4.78, 5) is 0. The van der Waals surface area contributed by atoms with Crippen molar-refractivity contribution in [2.24, 2.45) is 0 Å². The average Bonchev–Trinajstić information content (AvgIpc) is 2.13. The van der Waals surface area contributed by atoms with Crippen LogP contribution >= 0.6 is 12.4 Å². The Bertz CT molecular complexity index is 200. The zero-order valence-corrected chi connectivity index (χ0v) is 5.66. The first-order chi connectivity index (χ1) is 4.22. The molecular formula is C4H6ClF2N3. The number of H-pyrrole nitrogens is 1. The molecule has 1 rings (SSSR count). The van der Waals surface area contributed by atoms with Crippen molar-refractivity contribution in [1.29, 1.82) is 0 Å². The van der Waals surface area contributed by atoms with Crippen molar-refractivity contribution in [3.8, 4) is 0 Å². The van der Waals surface area contributed by atoms with Crippen LogP contribution in [0, 0.1) is 0 Å². The number of nitrogens with zero attached hydrogens (tertiary/aromatic N) is 1. The quantitative estimate of drug-likeness (QED) is 0.667. The van der Waals surface area contributed by atoms with Crippen molar-refractivity contribution in [3.05, 3.63) is 11.9 Å². The lowest BCUT2D eigenvalue weighted by Gasteiger charge is -1.92. The molecule has 0 atom stereocenters. The molecule has 1 aromatic rings. The summed E-state index contributed by atoms with van der Waals surface area (Å²) in [5.41, 5.74) is 4.76. The normalized spacial score (nSPS) is 9.50. The van der Waals surface area contributed by atoms with Crippen LogP contribution in [0.4, 0.5) is 14.5 Å². The predicted octanol–water partition coefficient (Wildman–Crippen LogP) is 1.35. The van der Waals surface area contributed by atoms with E-state index in [0.717, 1.165) is 6.20 Å². The van der Waals surface area contributed by atoms with E-state index in [1.807, 2.05) is 0 Å². The van der Waals surface area contributed by atoms with Crippen LogP contribution in [0.2, 0.25) is 0 Å². The third-order valence-corrected chi connectivity index (χ3v) is 0.918. The van der Waals surface area contributed by atoms with E-state index in [2.05, 4.69) is 10.2 Å². The number of rotatable bonds is 1. The Morgan fingerprint density at radius 3 is 2.40 bits per heavy atom. The number of alkyl halides is 2. The molecular weight excluding hydrogens is 164 g/mol. The van der Waals surface area contributed by atoms with Crippen LogP contribution in [0.1, 0.15) is 12.1 Å². The van der Waals surface area contributed by atoms with Gasteiger partial charge >= 0.3 is 0 Å². The van der Waals surface area contributed by atoms with Gasteiger partial charge in [-0.25, -0.2) is 8.78 Å². The Hall–Kier alpha value is -0.840. The monoisotopic (exact) mass is 169 g/mol. The van der Waals surface area contributed by atoms with E-state index in [1.165, 1.54) is 0 Å². The Morgan fingerprint density at radius 1 is 1.60 bits per heavy atom. The van der Waals surface area contributed by atoms with Crippen LogP contribution in [0.3, 0.4) is 0 Å². The van der Waals surface area contributed by atoms with Gasteiger partial charge in [0.25, 0.3) is 6.43 Å². The molecule has 0 amide bonds. The number of hydrogen-bond donors (Lipinski definition) is 2. The van der Waals surface area contributed by atoms with Crippen LogP contribution < -0.4 is 5.73 Å². The van der Waals surface area contributed by atoms with E-state index in [9.17, 15) is 8.78 Å². The van der Waals surface area contributed by atoms with Crippen molar-refractivity contribution in [3.63, 3.8) is 0 Å². The highest BCUT2D eigenvalue weighted by Crippen LogP contribution is 2.20. The van der Waals surface area contributed by atoms with Crippen LogP contribution in [-0.4, -0.2) is 10.2 Å². The summed E-state index contributed by atoms with van der Waals surface area (Å²) in [6.45, 7) is 0.